The van der Waals surface area contributed by atoms with Gasteiger partial charge in [0.15, 0.2) is 0 Å². The highest BCUT2D eigenvalue weighted by Gasteiger charge is 2.05. The molecule has 0 aliphatic heterocycles. The van der Waals surface area contributed by atoms with Gasteiger partial charge in [0, 0.05) is 6.07 Å². The molecule has 0 saturated heterocycles. The third-order valence-electron chi connectivity index (χ3n) is 3.60. The van der Waals surface area contributed by atoms with Crippen molar-refractivity contribution in [2.45, 2.75) is 33.5 Å². The van der Waals surface area contributed by atoms with Crippen LogP contribution in [0.5, 0.6) is 11.5 Å². The number of hydrogen-bond donors (Lipinski definition) is 1. The van der Waals surface area contributed by atoms with Crippen LogP contribution in [0.25, 0.3) is 0 Å². The van der Waals surface area contributed by atoms with E-state index in [1.54, 1.807) is 0 Å². The molecule has 0 radical (unpaired) electrons. The Morgan fingerprint density at radius 3 is 2.27 bits per heavy atom. The number of benzene rings is 2. The maximum Gasteiger partial charge on any atom is 0.123 e. The molecule has 0 aliphatic carbocycles. The maximum atomic E-state index is 9.38. The Hall–Kier alpha value is -2.00. The van der Waals surface area contributed by atoms with Crippen LogP contribution in [0, 0.1) is 5.92 Å². The lowest BCUT2D eigenvalue weighted by atomic mass is 10.1. The summed E-state index contributed by atoms with van der Waals surface area (Å²) in [5.41, 5.74) is 1.91. The molecule has 0 heterocycles. The van der Waals surface area contributed by atoms with Crippen LogP contribution in [0.3, 0.4) is 0 Å². The zero-order chi connectivity index (χ0) is 15.8. The van der Waals surface area contributed by atoms with Crippen molar-refractivity contribution < 1.29 is 14.6 Å². The van der Waals surface area contributed by atoms with E-state index in [1.807, 2.05) is 48.5 Å². The zero-order valence-corrected chi connectivity index (χ0v) is 13.3. The molecular formula is C19H24O3. The largest absolute Gasteiger partial charge is 0.493 e. The lowest BCUT2D eigenvalue weighted by Gasteiger charge is -2.14. The van der Waals surface area contributed by atoms with Crippen molar-refractivity contribution in [2.75, 3.05) is 6.61 Å². The first-order valence-corrected chi connectivity index (χ1v) is 7.75. The van der Waals surface area contributed by atoms with Crippen molar-refractivity contribution in [2.24, 2.45) is 5.92 Å². The first-order chi connectivity index (χ1) is 10.7. The number of ether oxygens (including phenoxy) is 2. The zero-order valence-electron chi connectivity index (χ0n) is 13.3. The Balaban J connectivity index is 2.03. The Labute approximate surface area is 132 Å². The summed E-state index contributed by atoms with van der Waals surface area (Å²) in [6, 6.07) is 15.6. The monoisotopic (exact) mass is 300 g/mol. The highest BCUT2D eigenvalue weighted by Crippen LogP contribution is 2.24. The molecule has 0 spiro atoms. The minimum absolute atomic E-state index is 0.0256. The number of aliphatic hydroxyl groups is 1. The van der Waals surface area contributed by atoms with Crippen LogP contribution >= 0.6 is 0 Å². The van der Waals surface area contributed by atoms with Gasteiger partial charge in [-0.05, 0) is 29.2 Å². The summed E-state index contributed by atoms with van der Waals surface area (Å²) in [4.78, 5) is 0. The summed E-state index contributed by atoms with van der Waals surface area (Å²) in [5.74, 6) is 1.97. The molecule has 0 unspecified atom stereocenters. The first-order valence-electron chi connectivity index (χ1n) is 7.75. The molecule has 1 atom stereocenters. The van der Waals surface area contributed by atoms with E-state index in [-0.39, 0.29) is 6.61 Å². The molecule has 0 bridgehead atoms. The average molecular weight is 300 g/mol. The molecule has 0 amide bonds. The molecule has 3 heteroatoms. The van der Waals surface area contributed by atoms with Crippen molar-refractivity contribution >= 4 is 0 Å². The van der Waals surface area contributed by atoms with Crippen LogP contribution in [-0.2, 0) is 13.2 Å². The van der Waals surface area contributed by atoms with Crippen molar-refractivity contribution in [1.82, 2.24) is 0 Å². The van der Waals surface area contributed by atoms with E-state index in [4.69, 9.17) is 9.47 Å². The predicted molar refractivity (Wildman–Crippen MR) is 88.1 cm³/mol. The molecular weight excluding hydrogens is 276 g/mol. The van der Waals surface area contributed by atoms with Gasteiger partial charge in [0.2, 0.25) is 0 Å². The van der Waals surface area contributed by atoms with Crippen molar-refractivity contribution in [3.8, 4) is 11.5 Å². The van der Waals surface area contributed by atoms with E-state index >= 15 is 0 Å². The minimum Gasteiger partial charge on any atom is -0.493 e. The fourth-order valence-electron chi connectivity index (χ4n) is 1.99. The second-order valence-corrected chi connectivity index (χ2v) is 5.57. The standard InChI is InChI=1S/C19H24O3/c1-3-15(2)13-21-18-9-17(12-20)10-19(11-18)22-14-16-7-5-4-6-8-16/h4-11,15,20H,3,12-14H2,1-2H3/t15-/m0/s1. The second kappa shape index (κ2) is 8.44. The van der Waals surface area contributed by atoms with Gasteiger partial charge in [0.25, 0.3) is 0 Å². The molecule has 22 heavy (non-hydrogen) atoms. The predicted octanol–water partition coefficient (Wildman–Crippen LogP) is 4.18. The molecule has 1 N–H and O–H groups in total. The molecule has 3 nitrogen and oxygen atoms in total. The van der Waals surface area contributed by atoms with E-state index in [9.17, 15) is 5.11 Å². The van der Waals surface area contributed by atoms with E-state index in [0.29, 0.717) is 19.1 Å². The Bertz CT molecular complexity index is 566. The summed E-state index contributed by atoms with van der Waals surface area (Å²) >= 11 is 0. The first kappa shape index (κ1) is 16.4. The maximum absolute atomic E-state index is 9.38. The molecule has 0 aliphatic rings. The number of hydrogen-bond acceptors (Lipinski definition) is 3. The summed E-state index contributed by atoms with van der Waals surface area (Å²) in [7, 11) is 0. The smallest absolute Gasteiger partial charge is 0.123 e. The molecule has 0 aromatic heterocycles. The van der Waals surface area contributed by atoms with E-state index in [0.717, 1.165) is 29.0 Å². The highest BCUT2D eigenvalue weighted by atomic mass is 16.5. The van der Waals surface area contributed by atoms with E-state index < -0.39 is 0 Å². The lowest BCUT2D eigenvalue weighted by Crippen LogP contribution is -2.07. The van der Waals surface area contributed by atoms with Crippen molar-refractivity contribution in [1.29, 1.82) is 0 Å². The van der Waals surface area contributed by atoms with Gasteiger partial charge in [-0.2, -0.15) is 0 Å². The highest BCUT2D eigenvalue weighted by molar-refractivity contribution is 5.38. The van der Waals surface area contributed by atoms with Gasteiger partial charge in [-0.15, -0.1) is 0 Å². The van der Waals surface area contributed by atoms with Gasteiger partial charge < -0.3 is 14.6 Å². The third kappa shape index (κ3) is 5.08. The number of aliphatic hydroxyl groups excluding tert-OH is 1. The van der Waals surface area contributed by atoms with E-state index in [2.05, 4.69) is 13.8 Å². The van der Waals surface area contributed by atoms with Crippen LogP contribution in [0.4, 0.5) is 0 Å². The van der Waals surface area contributed by atoms with E-state index in [1.165, 1.54) is 0 Å². The Morgan fingerprint density at radius 1 is 0.955 bits per heavy atom. The number of rotatable bonds is 8. The minimum atomic E-state index is -0.0256. The SMILES string of the molecule is CC[C@H](C)COc1cc(CO)cc(OCc2ccccc2)c1. The molecule has 0 fully saturated rings. The molecule has 2 rings (SSSR count). The fourth-order valence-corrected chi connectivity index (χ4v) is 1.99. The third-order valence-corrected chi connectivity index (χ3v) is 3.60. The van der Waals surface area contributed by atoms with Gasteiger partial charge >= 0.3 is 0 Å². The fraction of sp³-hybridized carbons (Fsp3) is 0.368. The van der Waals surface area contributed by atoms with Gasteiger partial charge in [-0.3, -0.25) is 0 Å². The molecule has 2 aromatic rings. The normalized spacial score (nSPS) is 12.0. The van der Waals surface area contributed by atoms with Gasteiger partial charge in [-0.1, -0.05) is 50.6 Å². The van der Waals surface area contributed by atoms with Crippen LogP contribution in [0.2, 0.25) is 0 Å². The van der Waals surface area contributed by atoms with Gasteiger partial charge in [0.1, 0.15) is 18.1 Å². The molecule has 2 aromatic carbocycles. The van der Waals surface area contributed by atoms with Crippen molar-refractivity contribution in [3.05, 3.63) is 59.7 Å². The summed E-state index contributed by atoms with van der Waals surface area (Å²) < 4.78 is 11.6. The Morgan fingerprint density at radius 2 is 1.64 bits per heavy atom. The topological polar surface area (TPSA) is 38.7 Å². The van der Waals surface area contributed by atoms with Crippen LogP contribution in [0.1, 0.15) is 31.4 Å². The van der Waals surface area contributed by atoms with Gasteiger partial charge in [0.05, 0.1) is 13.2 Å². The molecule has 0 saturated carbocycles. The Kier molecular flexibility index (Phi) is 6.28. The summed E-state index contributed by atoms with van der Waals surface area (Å²) in [6.07, 6.45) is 1.08. The average Bonchev–Trinajstić information content (AvgIpc) is 2.58. The summed E-state index contributed by atoms with van der Waals surface area (Å²) in [5, 5.41) is 9.38. The van der Waals surface area contributed by atoms with Gasteiger partial charge in [-0.25, -0.2) is 0 Å². The van der Waals surface area contributed by atoms with Crippen molar-refractivity contribution in [3.63, 3.8) is 0 Å². The summed E-state index contributed by atoms with van der Waals surface area (Å²) in [6.45, 7) is 5.45. The van der Waals surface area contributed by atoms with Crippen LogP contribution in [0.15, 0.2) is 48.5 Å². The van der Waals surface area contributed by atoms with Crippen LogP contribution in [-0.4, -0.2) is 11.7 Å². The van der Waals surface area contributed by atoms with Crippen LogP contribution < -0.4 is 9.47 Å². The molecule has 118 valence electrons. The lowest BCUT2D eigenvalue weighted by molar-refractivity contribution is 0.249. The second-order valence-electron chi connectivity index (χ2n) is 5.57. The quantitative estimate of drug-likeness (QED) is 0.794.